The highest BCUT2D eigenvalue weighted by molar-refractivity contribution is 7.90. The molecule has 1 amide bonds. The fraction of sp³-hybridized carbons (Fsp3) is 0.286. The zero-order valence-electron chi connectivity index (χ0n) is 16.2. The third kappa shape index (κ3) is 4.22. The third-order valence-electron chi connectivity index (χ3n) is 5.06. The van der Waals surface area contributed by atoms with E-state index in [4.69, 9.17) is 0 Å². The van der Waals surface area contributed by atoms with Crippen LogP contribution in [0.2, 0.25) is 0 Å². The number of carbonyl (C=O) groups is 1. The Bertz CT molecular complexity index is 1110. The Morgan fingerprint density at radius 2 is 1.69 bits per heavy atom. The number of pyridine rings is 1. The summed E-state index contributed by atoms with van der Waals surface area (Å²) in [5, 5.41) is 4.34. The summed E-state index contributed by atoms with van der Waals surface area (Å²) in [6.07, 6.45) is 9.61. The quantitative estimate of drug-likeness (QED) is 0.660. The summed E-state index contributed by atoms with van der Waals surface area (Å²) in [4.78, 5) is 19.2. The molecule has 1 fully saturated rings. The second-order valence-corrected chi connectivity index (χ2v) is 9.24. The number of likely N-dealkylation sites (tertiary alicyclic amines) is 1. The number of sulfone groups is 1. The van der Waals surface area contributed by atoms with Gasteiger partial charge in [-0.2, -0.15) is 5.10 Å². The molecule has 0 spiro atoms. The van der Waals surface area contributed by atoms with Crippen molar-refractivity contribution in [3.63, 3.8) is 0 Å². The van der Waals surface area contributed by atoms with Crippen LogP contribution >= 0.6 is 0 Å². The van der Waals surface area contributed by atoms with Crippen molar-refractivity contribution in [1.82, 2.24) is 19.7 Å². The highest BCUT2D eigenvalue weighted by Crippen LogP contribution is 2.20. The molecule has 2 aromatic heterocycles. The number of aromatic nitrogens is 3. The average molecular weight is 410 g/mol. The van der Waals surface area contributed by atoms with Crippen LogP contribution in [0.4, 0.5) is 0 Å². The minimum atomic E-state index is -3.23. The van der Waals surface area contributed by atoms with E-state index in [1.807, 2.05) is 17.2 Å². The van der Waals surface area contributed by atoms with Gasteiger partial charge < -0.3 is 4.90 Å². The van der Waals surface area contributed by atoms with Crippen LogP contribution in [-0.2, 0) is 9.84 Å². The van der Waals surface area contributed by atoms with Crippen molar-refractivity contribution in [2.45, 2.75) is 24.2 Å². The predicted octanol–water partition coefficient (Wildman–Crippen LogP) is 2.96. The van der Waals surface area contributed by atoms with Crippen LogP contribution in [0.1, 0.15) is 29.6 Å². The molecule has 29 heavy (non-hydrogen) atoms. The molecule has 4 rings (SSSR count). The molecular weight excluding hydrogens is 388 g/mol. The molecule has 1 saturated heterocycles. The van der Waals surface area contributed by atoms with Crippen molar-refractivity contribution in [3.8, 4) is 16.9 Å². The summed E-state index contributed by atoms with van der Waals surface area (Å²) in [7, 11) is -3.23. The SMILES string of the molecule is CS(=O)(=O)c1ccc(-n2cc(-c3ccc(C(=O)N4CCCCC4)cn3)cn2)cc1. The zero-order valence-corrected chi connectivity index (χ0v) is 17.0. The minimum absolute atomic E-state index is 0.0328. The van der Waals surface area contributed by atoms with Crippen molar-refractivity contribution >= 4 is 15.7 Å². The molecule has 0 atom stereocenters. The topological polar surface area (TPSA) is 85.2 Å². The van der Waals surface area contributed by atoms with Gasteiger partial charge in [-0.25, -0.2) is 13.1 Å². The van der Waals surface area contributed by atoms with Gasteiger partial charge in [-0.15, -0.1) is 0 Å². The Labute approximate surface area is 169 Å². The van der Waals surface area contributed by atoms with E-state index in [2.05, 4.69) is 10.1 Å². The van der Waals surface area contributed by atoms with E-state index in [1.54, 1.807) is 47.4 Å². The van der Waals surface area contributed by atoms with Gasteiger partial charge in [0, 0.05) is 37.3 Å². The number of piperidine rings is 1. The molecule has 3 heterocycles. The van der Waals surface area contributed by atoms with Crippen molar-refractivity contribution in [2.75, 3.05) is 19.3 Å². The first kappa shape index (κ1) is 19.3. The smallest absolute Gasteiger partial charge is 0.255 e. The van der Waals surface area contributed by atoms with Crippen LogP contribution in [0.5, 0.6) is 0 Å². The second kappa shape index (κ2) is 7.79. The van der Waals surface area contributed by atoms with Crippen molar-refractivity contribution in [1.29, 1.82) is 0 Å². The Hall–Kier alpha value is -3.00. The van der Waals surface area contributed by atoms with Gasteiger partial charge in [0.25, 0.3) is 5.91 Å². The fourth-order valence-corrected chi connectivity index (χ4v) is 4.04. The maximum Gasteiger partial charge on any atom is 0.255 e. The van der Waals surface area contributed by atoms with E-state index < -0.39 is 9.84 Å². The summed E-state index contributed by atoms with van der Waals surface area (Å²) in [5.74, 6) is 0.0328. The van der Waals surface area contributed by atoms with Gasteiger partial charge in [0.2, 0.25) is 0 Å². The van der Waals surface area contributed by atoms with Gasteiger partial charge in [0.05, 0.1) is 28.0 Å². The number of nitrogens with zero attached hydrogens (tertiary/aromatic N) is 4. The Morgan fingerprint density at radius 3 is 2.31 bits per heavy atom. The molecule has 1 aliphatic rings. The summed E-state index contributed by atoms with van der Waals surface area (Å²) in [6, 6.07) is 10.2. The Balaban J connectivity index is 1.51. The number of hydrogen-bond acceptors (Lipinski definition) is 5. The van der Waals surface area contributed by atoms with Crippen LogP contribution in [-0.4, -0.2) is 53.3 Å². The van der Waals surface area contributed by atoms with E-state index in [-0.39, 0.29) is 10.8 Å². The highest BCUT2D eigenvalue weighted by atomic mass is 32.2. The first-order valence-corrected chi connectivity index (χ1v) is 11.4. The Morgan fingerprint density at radius 1 is 0.966 bits per heavy atom. The largest absolute Gasteiger partial charge is 0.339 e. The van der Waals surface area contributed by atoms with Gasteiger partial charge in [-0.05, 0) is 55.7 Å². The molecule has 0 aliphatic carbocycles. The zero-order chi connectivity index (χ0) is 20.4. The van der Waals surface area contributed by atoms with E-state index in [0.717, 1.165) is 42.9 Å². The lowest BCUT2D eigenvalue weighted by Gasteiger charge is -2.26. The Kier molecular flexibility index (Phi) is 5.19. The number of benzene rings is 1. The summed E-state index contributed by atoms with van der Waals surface area (Å²) >= 11 is 0. The third-order valence-corrected chi connectivity index (χ3v) is 6.19. The van der Waals surface area contributed by atoms with Gasteiger partial charge in [-0.3, -0.25) is 9.78 Å². The van der Waals surface area contributed by atoms with E-state index in [9.17, 15) is 13.2 Å². The molecule has 1 aromatic carbocycles. The lowest BCUT2D eigenvalue weighted by Crippen LogP contribution is -2.35. The molecule has 8 heteroatoms. The maximum atomic E-state index is 12.6. The molecule has 0 saturated carbocycles. The molecule has 0 N–H and O–H groups in total. The van der Waals surface area contributed by atoms with Crippen LogP contribution < -0.4 is 0 Å². The summed E-state index contributed by atoms with van der Waals surface area (Å²) in [6.45, 7) is 1.62. The molecule has 0 bridgehead atoms. The maximum absolute atomic E-state index is 12.6. The lowest BCUT2D eigenvalue weighted by atomic mass is 10.1. The molecule has 3 aromatic rings. The monoisotopic (exact) mass is 410 g/mol. The molecule has 150 valence electrons. The number of amides is 1. The number of hydrogen-bond donors (Lipinski definition) is 0. The van der Waals surface area contributed by atoms with E-state index in [0.29, 0.717) is 5.56 Å². The van der Waals surface area contributed by atoms with Gasteiger partial charge >= 0.3 is 0 Å². The predicted molar refractivity (Wildman–Crippen MR) is 110 cm³/mol. The molecular formula is C21H22N4O3S. The van der Waals surface area contributed by atoms with Crippen molar-refractivity contribution in [2.24, 2.45) is 0 Å². The second-order valence-electron chi connectivity index (χ2n) is 7.22. The van der Waals surface area contributed by atoms with Crippen LogP contribution in [0.25, 0.3) is 16.9 Å². The first-order chi connectivity index (χ1) is 13.9. The standard InChI is InChI=1S/C21H22N4O3S/c1-29(27,28)19-8-6-18(7-9-19)25-15-17(14-23-25)20-10-5-16(13-22-20)21(26)24-11-3-2-4-12-24/h5-10,13-15H,2-4,11-12H2,1H3. The van der Waals surface area contributed by atoms with Gasteiger partial charge in [0.1, 0.15) is 0 Å². The first-order valence-electron chi connectivity index (χ1n) is 9.53. The van der Waals surface area contributed by atoms with Crippen molar-refractivity contribution < 1.29 is 13.2 Å². The van der Waals surface area contributed by atoms with Crippen LogP contribution in [0.3, 0.4) is 0 Å². The molecule has 0 radical (unpaired) electrons. The molecule has 0 unspecified atom stereocenters. The van der Waals surface area contributed by atoms with E-state index in [1.165, 1.54) is 12.7 Å². The highest BCUT2D eigenvalue weighted by Gasteiger charge is 2.18. The molecule has 7 nitrogen and oxygen atoms in total. The lowest BCUT2D eigenvalue weighted by molar-refractivity contribution is 0.0724. The van der Waals surface area contributed by atoms with Gasteiger partial charge in [-0.1, -0.05) is 0 Å². The average Bonchev–Trinajstić information content (AvgIpc) is 3.24. The minimum Gasteiger partial charge on any atom is -0.339 e. The normalized spacial score (nSPS) is 14.7. The van der Waals surface area contributed by atoms with Crippen molar-refractivity contribution in [3.05, 3.63) is 60.6 Å². The summed E-state index contributed by atoms with van der Waals surface area (Å²) in [5.41, 5.74) is 2.88. The number of carbonyl (C=O) groups excluding carboxylic acids is 1. The van der Waals surface area contributed by atoms with Crippen LogP contribution in [0, 0.1) is 0 Å². The molecule has 1 aliphatic heterocycles. The fourth-order valence-electron chi connectivity index (χ4n) is 3.41. The van der Waals surface area contributed by atoms with Crippen LogP contribution in [0.15, 0.2) is 59.9 Å². The number of rotatable bonds is 4. The summed E-state index contributed by atoms with van der Waals surface area (Å²) < 4.78 is 24.8. The van der Waals surface area contributed by atoms with E-state index >= 15 is 0 Å². The van der Waals surface area contributed by atoms with Gasteiger partial charge in [0.15, 0.2) is 9.84 Å².